The predicted molar refractivity (Wildman–Crippen MR) is 120 cm³/mol. The van der Waals surface area contributed by atoms with Gasteiger partial charge in [0, 0.05) is 31.7 Å². The summed E-state index contributed by atoms with van der Waals surface area (Å²) in [6.45, 7) is 5.04. The first-order valence-corrected chi connectivity index (χ1v) is 10.7. The molecular weight excluding hydrogens is 398 g/mol. The summed E-state index contributed by atoms with van der Waals surface area (Å²) >= 11 is 0. The van der Waals surface area contributed by atoms with Crippen LogP contribution in [0.5, 0.6) is 0 Å². The van der Waals surface area contributed by atoms with Crippen LogP contribution in [0.25, 0.3) is 0 Å². The number of unbranched alkanes of at least 4 members (excludes halogenated alkanes) is 1. The Kier molecular flexibility index (Phi) is 6.94. The molecule has 1 aromatic carbocycles. The van der Waals surface area contributed by atoms with Gasteiger partial charge in [-0.15, -0.1) is 0 Å². The second-order valence-corrected chi connectivity index (χ2v) is 7.63. The average molecular weight is 428 g/mol. The topological polar surface area (TPSA) is 121 Å². The van der Waals surface area contributed by atoms with E-state index in [0.29, 0.717) is 19.5 Å². The number of aromatic amines is 1. The van der Waals surface area contributed by atoms with Crippen molar-refractivity contribution in [1.29, 1.82) is 0 Å². The molecule has 0 atom stereocenters. The summed E-state index contributed by atoms with van der Waals surface area (Å²) in [5.74, 6) is -0.195. The fourth-order valence-electron chi connectivity index (χ4n) is 3.82. The lowest BCUT2D eigenvalue weighted by molar-refractivity contribution is -0.118. The van der Waals surface area contributed by atoms with Gasteiger partial charge in [-0.3, -0.25) is 23.9 Å². The van der Waals surface area contributed by atoms with Gasteiger partial charge in [-0.2, -0.15) is 0 Å². The molecule has 1 saturated heterocycles. The number of anilines is 3. The van der Waals surface area contributed by atoms with E-state index in [1.165, 1.54) is 9.47 Å². The smallest absolute Gasteiger partial charge is 0.330 e. The SMILES string of the molecule is CCCCn1c(N)c(N(CC)C(=O)Cc2ccc(N3CCCC3=O)cc2)c(=O)[nH]c1=O. The van der Waals surface area contributed by atoms with Crippen LogP contribution in [0, 0.1) is 0 Å². The van der Waals surface area contributed by atoms with E-state index in [1.54, 1.807) is 11.8 Å². The van der Waals surface area contributed by atoms with E-state index in [1.807, 2.05) is 31.2 Å². The number of nitrogens with two attached hydrogens (primary N) is 1. The molecule has 0 unspecified atom stereocenters. The molecule has 2 heterocycles. The highest BCUT2D eigenvalue weighted by molar-refractivity contribution is 5.97. The molecule has 3 N–H and O–H groups in total. The molecule has 0 bridgehead atoms. The van der Waals surface area contributed by atoms with Crippen LogP contribution in [0.3, 0.4) is 0 Å². The molecule has 1 aromatic heterocycles. The van der Waals surface area contributed by atoms with E-state index >= 15 is 0 Å². The van der Waals surface area contributed by atoms with E-state index in [0.717, 1.165) is 30.5 Å². The molecule has 9 heteroatoms. The van der Waals surface area contributed by atoms with Crippen LogP contribution in [0.4, 0.5) is 17.2 Å². The number of nitrogens with zero attached hydrogens (tertiary/aromatic N) is 3. The first-order chi connectivity index (χ1) is 14.9. The number of hydrogen-bond donors (Lipinski definition) is 2. The third-order valence-corrected chi connectivity index (χ3v) is 5.51. The summed E-state index contributed by atoms with van der Waals surface area (Å²) < 4.78 is 1.30. The lowest BCUT2D eigenvalue weighted by Crippen LogP contribution is -2.41. The number of nitrogens with one attached hydrogen (secondary N) is 1. The van der Waals surface area contributed by atoms with Crippen LogP contribution in [0.2, 0.25) is 0 Å². The van der Waals surface area contributed by atoms with Crippen molar-refractivity contribution < 1.29 is 9.59 Å². The van der Waals surface area contributed by atoms with Crippen LogP contribution in [0.1, 0.15) is 45.1 Å². The van der Waals surface area contributed by atoms with E-state index in [-0.39, 0.29) is 36.3 Å². The number of aromatic nitrogens is 2. The Bertz CT molecular complexity index is 1070. The zero-order chi connectivity index (χ0) is 22.5. The third kappa shape index (κ3) is 4.70. The van der Waals surface area contributed by atoms with Crippen LogP contribution >= 0.6 is 0 Å². The van der Waals surface area contributed by atoms with Gasteiger partial charge >= 0.3 is 5.69 Å². The summed E-state index contributed by atoms with van der Waals surface area (Å²) in [6, 6.07) is 7.27. The monoisotopic (exact) mass is 427 g/mol. The van der Waals surface area contributed by atoms with Crippen molar-refractivity contribution in [3.63, 3.8) is 0 Å². The van der Waals surface area contributed by atoms with Crippen LogP contribution in [-0.2, 0) is 22.6 Å². The van der Waals surface area contributed by atoms with Gasteiger partial charge in [0.15, 0.2) is 5.69 Å². The highest BCUT2D eigenvalue weighted by atomic mass is 16.2. The van der Waals surface area contributed by atoms with Crippen molar-refractivity contribution in [2.45, 2.75) is 52.5 Å². The van der Waals surface area contributed by atoms with Gasteiger partial charge in [0.25, 0.3) is 5.56 Å². The number of nitrogen functional groups attached to an aromatic ring is 1. The second kappa shape index (κ2) is 9.63. The Labute approximate surface area is 180 Å². The molecule has 1 aliphatic heterocycles. The fourth-order valence-corrected chi connectivity index (χ4v) is 3.82. The highest BCUT2D eigenvalue weighted by Gasteiger charge is 2.24. The van der Waals surface area contributed by atoms with Gasteiger partial charge in [0.1, 0.15) is 5.82 Å². The molecule has 1 fully saturated rings. The molecule has 1 aliphatic rings. The summed E-state index contributed by atoms with van der Waals surface area (Å²) in [5, 5.41) is 0. The lowest BCUT2D eigenvalue weighted by Gasteiger charge is -2.23. The zero-order valence-corrected chi connectivity index (χ0v) is 18.0. The summed E-state index contributed by atoms with van der Waals surface area (Å²) in [5.41, 5.74) is 6.48. The lowest BCUT2D eigenvalue weighted by atomic mass is 10.1. The molecule has 0 aliphatic carbocycles. The van der Waals surface area contributed by atoms with Crippen molar-refractivity contribution in [3.8, 4) is 0 Å². The van der Waals surface area contributed by atoms with Gasteiger partial charge < -0.3 is 15.5 Å². The van der Waals surface area contributed by atoms with E-state index < -0.39 is 11.2 Å². The van der Waals surface area contributed by atoms with Gasteiger partial charge in [-0.1, -0.05) is 25.5 Å². The van der Waals surface area contributed by atoms with Gasteiger partial charge in [0.05, 0.1) is 6.42 Å². The minimum absolute atomic E-state index is 0.000272. The Balaban J connectivity index is 1.83. The Hall–Kier alpha value is -3.36. The number of H-pyrrole nitrogens is 1. The number of carbonyl (C=O) groups is 2. The molecule has 3 rings (SSSR count). The van der Waals surface area contributed by atoms with E-state index in [4.69, 9.17) is 5.73 Å². The maximum atomic E-state index is 13.0. The highest BCUT2D eigenvalue weighted by Crippen LogP contribution is 2.23. The number of rotatable bonds is 8. The Morgan fingerprint density at radius 3 is 2.45 bits per heavy atom. The van der Waals surface area contributed by atoms with Crippen molar-refractivity contribution in [1.82, 2.24) is 9.55 Å². The molecule has 0 radical (unpaired) electrons. The number of amides is 2. The first kappa shape index (κ1) is 22.3. The van der Waals surface area contributed by atoms with Crippen molar-refractivity contribution in [3.05, 3.63) is 50.7 Å². The standard InChI is InChI=1S/C22H29N5O4/c1-3-5-12-27-20(23)19(21(30)24-22(27)31)25(4-2)18(29)14-15-8-10-16(11-9-15)26-13-6-7-17(26)28/h8-11H,3-7,12-14,23H2,1-2H3,(H,24,30,31). The predicted octanol–water partition coefficient (Wildman–Crippen LogP) is 1.64. The van der Waals surface area contributed by atoms with E-state index in [2.05, 4.69) is 4.98 Å². The number of carbonyl (C=O) groups excluding carboxylic acids is 2. The maximum absolute atomic E-state index is 13.0. The molecule has 9 nitrogen and oxygen atoms in total. The summed E-state index contributed by atoms with van der Waals surface area (Å²) in [4.78, 5) is 54.9. The van der Waals surface area contributed by atoms with Crippen LogP contribution < -0.4 is 26.8 Å². The number of hydrogen-bond acceptors (Lipinski definition) is 5. The molecule has 166 valence electrons. The maximum Gasteiger partial charge on any atom is 0.330 e. The molecule has 0 spiro atoms. The molecular formula is C22H29N5O4. The van der Waals surface area contributed by atoms with Gasteiger partial charge in [0.2, 0.25) is 11.8 Å². The molecule has 2 amide bonds. The van der Waals surface area contributed by atoms with Crippen LogP contribution in [0.15, 0.2) is 33.9 Å². The van der Waals surface area contributed by atoms with Gasteiger partial charge in [-0.05, 0) is 37.5 Å². The van der Waals surface area contributed by atoms with Crippen molar-refractivity contribution in [2.75, 3.05) is 28.6 Å². The Morgan fingerprint density at radius 2 is 1.87 bits per heavy atom. The third-order valence-electron chi connectivity index (χ3n) is 5.51. The van der Waals surface area contributed by atoms with Crippen LogP contribution in [-0.4, -0.2) is 34.5 Å². The Morgan fingerprint density at radius 1 is 1.16 bits per heavy atom. The van der Waals surface area contributed by atoms with Crippen molar-refractivity contribution in [2.24, 2.45) is 0 Å². The van der Waals surface area contributed by atoms with Gasteiger partial charge in [-0.25, -0.2) is 4.79 Å². The van der Waals surface area contributed by atoms with Crippen molar-refractivity contribution >= 4 is 29.0 Å². The summed E-state index contributed by atoms with van der Waals surface area (Å²) in [6.07, 6.45) is 3.05. The number of likely N-dealkylation sites (N-methyl/N-ethyl adjacent to an activating group) is 1. The quantitative estimate of drug-likeness (QED) is 0.663. The zero-order valence-electron chi connectivity index (χ0n) is 18.0. The van der Waals surface area contributed by atoms with E-state index in [9.17, 15) is 19.2 Å². The first-order valence-electron chi connectivity index (χ1n) is 10.7. The fraction of sp³-hybridized carbons (Fsp3) is 0.455. The average Bonchev–Trinajstić information content (AvgIpc) is 3.17. The minimum Gasteiger partial charge on any atom is -0.383 e. The number of benzene rings is 1. The minimum atomic E-state index is -0.673. The normalized spacial score (nSPS) is 13.6. The summed E-state index contributed by atoms with van der Waals surface area (Å²) in [7, 11) is 0. The second-order valence-electron chi connectivity index (χ2n) is 7.63. The molecule has 31 heavy (non-hydrogen) atoms. The largest absolute Gasteiger partial charge is 0.383 e. The molecule has 2 aromatic rings. The molecule has 0 saturated carbocycles.